The van der Waals surface area contributed by atoms with Gasteiger partial charge in [-0.2, -0.15) is 0 Å². The van der Waals surface area contributed by atoms with E-state index in [1.165, 1.54) is 18.2 Å². The van der Waals surface area contributed by atoms with Gasteiger partial charge < -0.3 is 10.4 Å². The SMILES string of the molecule is O=C(NCCc1cccc(F)c1)c1c(O)cc(F)cc1F. The lowest BCUT2D eigenvalue weighted by Crippen LogP contribution is -2.26. The van der Waals surface area contributed by atoms with Crippen LogP contribution in [0.2, 0.25) is 0 Å². The molecule has 0 bridgehead atoms. The van der Waals surface area contributed by atoms with Gasteiger partial charge in [-0.1, -0.05) is 12.1 Å². The summed E-state index contributed by atoms with van der Waals surface area (Å²) in [6.45, 7) is 0.124. The van der Waals surface area contributed by atoms with E-state index in [2.05, 4.69) is 5.32 Å². The van der Waals surface area contributed by atoms with Crippen molar-refractivity contribution in [2.45, 2.75) is 6.42 Å². The number of aromatic hydroxyl groups is 1. The molecule has 110 valence electrons. The standard InChI is InChI=1S/C15H12F3NO2/c16-10-3-1-2-9(6-10)4-5-19-15(21)14-12(18)7-11(17)8-13(14)20/h1-3,6-8,20H,4-5H2,(H,19,21). The van der Waals surface area contributed by atoms with Crippen LogP contribution in [0, 0.1) is 17.5 Å². The Bertz CT molecular complexity index is 651. The van der Waals surface area contributed by atoms with Crippen molar-refractivity contribution in [3.05, 3.63) is 65.0 Å². The lowest BCUT2D eigenvalue weighted by atomic mass is 10.1. The molecule has 3 nitrogen and oxygen atoms in total. The Morgan fingerprint density at radius 2 is 1.86 bits per heavy atom. The summed E-state index contributed by atoms with van der Waals surface area (Å²) in [5.41, 5.74) is 0.0507. The van der Waals surface area contributed by atoms with Crippen molar-refractivity contribution in [2.24, 2.45) is 0 Å². The second kappa shape index (κ2) is 6.30. The maximum absolute atomic E-state index is 13.5. The van der Waals surface area contributed by atoms with Gasteiger partial charge in [0.1, 0.15) is 28.8 Å². The van der Waals surface area contributed by atoms with Gasteiger partial charge in [-0.05, 0) is 24.1 Å². The molecule has 2 aromatic carbocycles. The minimum atomic E-state index is -1.14. The fourth-order valence-corrected chi connectivity index (χ4v) is 1.89. The van der Waals surface area contributed by atoms with Crippen LogP contribution in [0.1, 0.15) is 15.9 Å². The smallest absolute Gasteiger partial charge is 0.258 e. The number of hydrogen-bond acceptors (Lipinski definition) is 2. The van der Waals surface area contributed by atoms with Crippen LogP contribution in [0.25, 0.3) is 0 Å². The molecular formula is C15H12F3NO2. The van der Waals surface area contributed by atoms with Gasteiger partial charge in [0.2, 0.25) is 0 Å². The second-order valence-electron chi connectivity index (χ2n) is 4.42. The average molecular weight is 295 g/mol. The van der Waals surface area contributed by atoms with Gasteiger partial charge in [0.15, 0.2) is 0 Å². The van der Waals surface area contributed by atoms with Crippen LogP contribution < -0.4 is 5.32 Å². The monoisotopic (exact) mass is 295 g/mol. The van der Waals surface area contributed by atoms with Crippen LogP contribution in [-0.2, 0) is 6.42 Å². The summed E-state index contributed by atoms with van der Waals surface area (Å²) in [4.78, 5) is 11.7. The fourth-order valence-electron chi connectivity index (χ4n) is 1.89. The molecule has 0 aliphatic heterocycles. The zero-order valence-electron chi connectivity index (χ0n) is 10.9. The number of amides is 1. The van der Waals surface area contributed by atoms with Crippen molar-refractivity contribution in [1.29, 1.82) is 0 Å². The molecule has 2 aromatic rings. The maximum Gasteiger partial charge on any atom is 0.258 e. The summed E-state index contributed by atoms with van der Waals surface area (Å²) >= 11 is 0. The highest BCUT2D eigenvalue weighted by molar-refractivity contribution is 5.97. The third kappa shape index (κ3) is 3.75. The zero-order valence-corrected chi connectivity index (χ0v) is 10.9. The first-order valence-electron chi connectivity index (χ1n) is 6.18. The molecule has 0 spiro atoms. The summed E-state index contributed by atoms with van der Waals surface area (Å²) < 4.78 is 39.2. The third-order valence-electron chi connectivity index (χ3n) is 2.85. The molecule has 0 heterocycles. The summed E-state index contributed by atoms with van der Waals surface area (Å²) in [7, 11) is 0. The summed E-state index contributed by atoms with van der Waals surface area (Å²) in [6, 6.07) is 7.02. The van der Waals surface area contributed by atoms with E-state index in [9.17, 15) is 23.1 Å². The van der Waals surface area contributed by atoms with Crippen molar-refractivity contribution in [3.8, 4) is 5.75 Å². The van der Waals surface area contributed by atoms with E-state index in [1.807, 2.05) is 0 Å². The van der Waals surface area contributed by atoms with Gasteiger partial charge in [0, 0.05) is 18.7 Å². The lowest BCUT2D eigenvalue weighted by molar-refractivity contribution is 0.0947. The van der Waals surface area contributed by atoms with E-state index in [-0.39, 0.29) is 12.4 Å². The van der Waals surface area contributed by atoms with Crippen molar-refractivity contribution < 1.29 is 23.1 Å². The molecule has 2 rings (SSSR count). The minimum Gasteiger partial charge on any atom is -0.507 e. The number of rotatable bonds is 4. The lowest BCUT2D eigenvalue weighted by Gasteiger charge is -2.08. The summed E-state index contributed by atoms with van der Waals surface area (Å²) in [6.07, 6.45) is 0.340. The highest BCUT2D eigenvalue weighted by Crippen LogP contribution is 2.21. The number of hydrogen-bond donors (Lipinski definition) is 2. The fraction of sp³-hybridized carbons (Fsp3) is 0.133. The van der Waals surface area contributed by atoms with Gasteiger partial charge in [0.25, 0.3) is 5.91 Å². The van der Waals surface area contributed by atoms with Crippen molar-refractivity contribution >= 4 is 5.91 Å². The Balaban J connectivity index is 1.99. The van der Waals surface area contributed by atoms with E-state index in [0.717, 1.165) is 0 Å². The van der Waals surface area contributed by atoms with E-state index >= 15 is 0 Å². The highest BCUT2D eigenvalue weighted by atomic mass is 19.1. The molecule has 0 saturated heterocycles. The van der Waals surface area contributed by atoms with E-state index in [4.69, 9.17) is 0 Å². The first-order valence-corrected chi connectivity index (χ1v) is 6.18. The molecule has 0 radical (unpaired) electrons. The van der Waals surface area contributed by atoms with Crippen LogP contribution in [0.15, 0.2) is 36.4 Å². The Labute approximate surface area is 119 Å². The minimum absolute atomic E-state index is 0.124. The first-order chi connectivity index (χ1) is 9.97. The number of phenolic OH excluding ortho intramolecular Hbond substituents is 1. The average Bonchev–Trinajstić information content (AvgIpc) is 2.37. The first kappa shape index (κ1) is 14.9. The van der Waals surface area contributed by atoms with Crippen molar-refractivity contribution in [1.82, 2.24) is 5.32 Å². The molecule has 0 fully saturated rings. The molecule has 0 unspecified atom stereocenters. The number of halogens is 3. The normalized spacial score (nSPS) is 10.4. The molecule has 6 heteroatoms. The summed E-state index contributed by atoms with van der Waals surface area (Å²) in [5.74, 6) is -4.13. The van der Waals surface area contributed by atoms with E-state index in [1.54, 1.807) is 6.07 Å². The number of carbonyl (C=O) groups is 1. The number of benzene rings is 2. The number of phenols is 1. The molecular weight excluding hydrogens is 283 g/mol. The maximum atomic E-state index is 13.5. The number of carbonyl (C=O) groups excluding carboxylic acids is 1. The van der Waals surface area contributed by atoms with Crippen LogP contribution in [-0.4, -0.2) is 17.6 Å². The second-order valence-corrected chi connectivity index (χ2v) is 4.42. The van der Waals surface area contributed by atoms with Crippen LogP contribution in [0.4, 0.5) is 13.2 Å². The van der Waals surface area contributed by atoms with Gasteiger partial charge in [0.05, 0.1) is 0 Å². The molecule has 1 amide bonds. The van der Waals surface area contributed by atoms with Crippen LogP contribution >= 0.6 is 0 Å². The topological polar surface area (TPSA) is 49.3 Å². The Hall–Kier alpha value is -2.50. The van der Waals surface area contributed by atoms with Crippen molar-refractivity contribution in [3.63, 3.8) is 0 Å². The number of nitrogens with one attached hydrogen (secondary N) is 1. The molecule has 2 N–H and O–H groups in total. The Morgan fingerprint density at radius 3 is 2.52 bits per heavy atom. The van der Waals surface area contributed by atoms with Gasteiger partial charge >= 0.3 is 0 Å². The molecule has 0 saturated carbocycles. The van der Waals surface area contributed by atoms with Crippen molar-refractivity contribution in [2.75, 3.05) is 6.54 Å². The zero-order chi connectivity index (χ0) is 15.4. The van der Waals surface area contributed by atoms with Gasteiger partial charge in [-0.15, -0.1) is 0 Å². The predicted octanol–water partition coefficient (Wildman–Crippen LogP) is 2.78. The largest absolute Gasteiger partial charge is 0.507 e. The summed E-state index contributed by atoms with van der Waals surface area (Å²) in [5, 5.41) is 11.8. The highest BCUT2D eigenvalue weighted by Gasteiger charge is 2.17. The molecule has 0 aromatic heterocycles. The van der Waals surface area contributed by atoms with Gasteiger partial charge in [-0.25, -0.2) is 13.2 Å². The third-order valence-corrected chi connectivity index (χ3v) is 2.85. The molecule has 0 aliphatic carbocycles. The Morgan fingerprint density at radius 1 is 1.10 bits per heavy atom. The van der Waals surface area contributed by atoms with Crippen LogP contribution in [0.3, 0.4) is 0 Å². The van der Waals surface area contributed by atoms with E-state index in [0.29, 0.717) is 24.1 Å². The Kier molecular flexibility index (Phi) is 4.47. The van der Waals surface area contributed by atoms with E-state index < -0.39 is 28.9 Å². The van der Waals surface area contributed by atoms with Gasteiger partial charge in [-0.3, -0.25) is 4.79 Å². The van der Waals surface area contributed by atoms with Crippen LogP contribution in [0.5, 0.6) is 5.75 Å². The quantitative estimate of drug-likeness (QED) is 0.911. The molecule has 0 atom stereocenters. The predicted molar refractivity (Wildman–Crippen MR) is 70.5 cm³/mol. The molecule has 21 heavy (non-hydrogen) atoms. The molecule has 0 aliphatic rings.